The molecule has 1 heterocycles. The standard InChI is InChI=1S/C14H19N3O2/c1-3-8-15-9-12-6-4-5-7-14(12)18-10-13-11(2)16-19-17-13/h4-7,15H,3,8-10H2,1-2H3. The second-order valence-electron chi connectivity index (χ2n) is 4.37. The Balaban J connectivity index is 1.97. The van der Waals surface area contributed by atoms with E-state index in [4.69, 9.17) is 4.74 Å². The van der Waals surface area contributed by atoms with Gasteiger partial charge in [0.05, 0.1) is 0 Å². The maximum absolute atomic E-state index is 5.79. The van der Waals surface area contributed by atoms with Crippen LogP contribution in [0.25, 0.3) is 0 Å². The first-order valence-electron chi connectivity index (χ1n) is 6.50. The molecule has 0 unspecified atom stereocenters. The van der Waals surface area contributed by atoms with Crippen molar-refractivity contribution in [2.24, 2.45) is 0 Å². The molecule has 0 bridgehead atoms. The molecule has 0 aliphatic rings. The number of benzene rings is 1. The van der Waals surface area contributed by atoms with Gasteiger partial charge in [-0.25, -0.2) is 4.63 Å². The lowest BCUT2D eigenvalue weighted by molar-refractivity contribution is 0.268. The number of ether oxygens (including phenoxy) is 1. The third-order valence-electron chi connectivity index (χ3n) is 2.83. The van der Waals surface area contributed by atoms with Crippen molar-refractivity contribution in [3.63, 3.8) is 0 Å². The van der Waals surface area contributed by atoms with Crippen LogP contribution in [0.1, 0.15) is 30.3 Å². The Labute approximate surface area is 112 Å². The zero-order valence-corrected chi connectivity index (χ0v) is 11.3. The van der Waals surface area contributed by atoms with Crippen molar-refractivity contribution >= 4 is 0 Å². The van der Waals surface area contributed by atoms with Gasteiger partial charge >= 0.3 is 0 Å². The van der Waals surface area contributed by atoms with Crippen molar-refractivity contribution in [1.29, 1.82) is 0 Å². The minimum absolute atomic E-state index is 0.375. The summed E-state index contributed by atoms with van der Waals surface area (Å²) < 4.78 is 10.4. The van der Waals surface area contributed by atoms with E-state index in [1.54, 1.807) is 0 Å². The average molecular weight is 261 g/mol. The highest BCUT2D eigenvalue weighted by Gasteiger charge is 2.08. The van der Waals surface area contributed by atoms with Crippen LogP contribution < -0.4 is 10.1 Å². The summed E-state index contributed by atoms with van der Waals surface area (Å²) in [5.41, 5.74) is 2.64. The Hall–Kier alpha value is -1.88. The van der Waals surface area contributed by atoms with Crippen LogP contribution in [-0.2, 0) is 13.2 Å². The maximum atomic E-state index is 5.79. The van der Waals surface area contributed by atoms with Crippen molar-refractivity contribution in [2.75, 3.05) is 6.54 Å². The van der Waals surface area contributed by atoms with Crippen LogP contribution in [0.5, 0.6) is 5.75 Å². The minimum atomic E-state index is 0.375. The summed E-state index contributed by atoms with van der Waals surface area (Å²) in [7, 11) is 0. The Bertz CT molecular complexity index is 511. The van der Waals surface area contributed by atoms with Gasteiger partial charge in [-0.3, -0.25) is 0 Å². The maximum Gasteiger partial charge on any atom is 0.145 e. The van der Waals surface area contributed by atoms with Crippen molar-refractivity contribution in [3.8, 4) is 5.75 Å². The smallest absolute Gasteiger partial charge is 0.145 e. The molecule has 0 aliphatic carbocycles. The SMILES string of the molecule is CCCNCc1ccccc1OCc1nonc1C. The van der Waals surface area contributed by atoms with E-state index < -0.39 is 0 Å². The molecule has 0 amide bonds. The second kappa shape index (κ2) is 6.89. The van der Waals surface area contributed by atoms with Crippen LogP contribution in [-0.4, -0.2) is 16.9 Å². The molecule has 0 aliphatic heterocycles. The van der Waals surface area contributed by atoms with Crippen LogP contribution in [0, 0.1) is 6.92 Å². The summed E-state index contributed by atoms with van der Waals surface area (Å²) in [5, 5.41) is 10.9. The van der Waals surface area contributed by atoms with Crippen molar-refractivity contribution < 1.29 is 9.37 Å². The molecule has 102 valence electrons. The summed E-state index contributed by atoms with van der Waals surface area (Å²) in [6, 6.07) is 8.00. The summed E-state index contributed by atoms with van der Waals surface area (Å²) in [4.78, 5) is 0. The molecule has 2 rings (SSSR count). The monoisotopic (exact) mass is 261 g/mol. The zero-order valence-electron chi connectivity index (χ0n) is 11.3. The van der Waals surface area contributed by atoms with E-state index in [9.17, 15) is 0 Å². The Morgan fingerprint density at radius 3 is 2.84 bits per heavy atom. The third kappa shape index (κ3) is 3.79. The summed E-state index contributed by atoms with van der Waals surface area (Å²) in [6.45, 7) is 6.18. The highest BCUT2D eigenvalue weighted by atomic mass is 16.6. The topological polar surface area (TPSA) is 60.2 Å². The van der Waals surface area contributed by atoms with Gasteiger partial charge in [0.25, 0.3) is 0 Å². The zero-order chi connectivity index (χ0) is 13.5. The fourth-order valence-corrected chi connectivity index (χ4v) is 1.72. The Morgan fingerprint density at radius 1 is 1.26 bits per heavy atom. The van der Waals surface area contributed by atoms with Gasteiger partial charge in [-0.1, -0.05) is 35.4 Å². The predicted octanol–water partition coefficient (Wildman–Crippen LogP) is 2.46. The summed E-state index contributed by atoms with van der Waals surface area (Å²) in [6.07, 6.45) is 1.12. The Morgan fingerprint density at radius 2 is 2.11 bits per heavy atom. The number of rotatable bonds is 7. The molecule has 0 spiro atoms. The first kappa shape index (κ1) is 13.5. The largest absolute Gasteiger partial charge is 0.487 e. The number of nitrogens with zero attached hydrogens (tertiary/aromatic N) is 2. The van der Waals surface area contributed by atoms with E-state index >= 15 is 0 Å². The lowest BCUT2D eigenvalue weighted by Crippen LogP contribution is -2.14. The van der Waals surface area contributed by atoms with E-state index in [0.29, 0.717) is 6.61 Å². The molecule has 0 radical (unpaired) electrons. The molecule has 1 N–H and O–H groups in total. The number of nitrogens with one attached hydrogen (secondary N) is 1. The lowest BCUT2D eigenvalue weighted by Gasteiger charge is -2.11. The van der Waals surface area contributed by atoms with E-state index in [1.165, 1.54) is 0 Å². The van der Waals surface area contributed by atoms with Crippen LogP contribution in [0.15, 0.2) is 28.9 Å². The average Bonchev–Trinajstić information content (AvgIpc) is 2.83. The van der Waals surface area contributed by atoms with E-state index in [-0.39, 0.29) is 0 Å². The highest BCUT2D eigenvalue weighted by Crippen LogP contribution is 2.19. The van der Waals surface area contributed by atoms with Crippen molar-refractivity contribution in [3.05, 3.63) is 41.2 Å². The molecule has 0 atom stereocenters. The number of hydrogen-bond acceptors (Lipinski definition) is 5. The van der Waals surface area contributed by atoms with Gasteiger partial charge in [-0.05, 0) is 26.0 Å². The summed E-state index contributed by atoms with van der Waals surface area (Å²) >= 11 is 0. The Kier molecular flexibility index (Phi) is 4.92. The number of para-hydroxylation sites is 1. The van der Waals surface area contributed by atoms with Gasteiger partial charge in [-0.2, -0.15) is 0 Å². The fraction of sp³-hybridized carbons (Fsp3) is 0.429. The quantitative estimate of drug-likeness (QED) is 0.776. The third-order valence-corrected chi connectivity index (χ3v) is 2.83. The summed E-state index contributed by atoms with van der Waals surface area (Å²) in [5.74, 6) is 0.869. The second-order valence-corrected chi connectivity index (χ2v) is 4.37. The van der Waals surface area contributed by atoms with Gasteiger partial charge < -0.3 is 10.1 Å². The van der Waals surface area contributed by atoms with Crippen LogP contribution >= 0.6 is 0 Å². The van der Waals surface area contributed by atoms with E-state index in [1.807, 2.05) is 25.1 Å². The van der Waals surface area contributed by atoms with Gasteiger partial charge in [-0.15, -0.1) is 0 Å². The highest BCUT2D eigenvalue weighted by molar-refractivity contribution is 5.33. The molecule has 1 aromatic carbocycles. The van der Waals surface area contributed by atoms with Crippen molar-refractivity contribution in [2.45, 2.75) is 33.4 Å². The predicted molar refractivity (Wildman–Crippen MR) is 71.8 cm³/mol. The normalized spacial score (nSPS) is 10.6. The number of aromatic nitrogens is 2. The molecule has 19 heavy (non-hydrogen) atoms. The molecular weight excluding hydrogens is 242 g/mol. The first-order chi connectivity index (χ1) is 9.31. The molecule has 0 fully saturated rings. The molecule has 2 aromatic rings. The van der Waals surface area contributed by atoms with E-state index in [2.05, 4.69) is 33.2 Å². The van der Waals surface area contributed by atoms with Crippen LogP contribution in [0.2, 0.25) is 0 Å². The molecule has 1 aromatic heterocycles. The molecule has 0 saturated carbocycles. The molecule has 5 nitrogen and oxygen atoms in total. The van der Waals surface area contributed by atoms with Crippen LogP contribution in [0.4, 0.5) is 0 Å². The first-order valence-corrected chi connectivity index (χ1v) is 6.50. The molecular formula is C14H19N3O2. The van der Waals surface area contributed by atoms with Crippen molar-refractivity contribution in [1.82, 2.24) is 15.6 Å². The van der Waals surface area contributed by atoms with E-state index in [0.717, 1.165) is 42.2 Å². The van der Waals surface area contributed by atoms with Gasteiger partial charge in [0, 0.05) is 12.1 Å². The van der Waals surface area contributed by atoms with Crippen LogP contribution in [0.3, 0.4) is 0 Å². The number of aryl methyl sites for hydroxylation is 1. The van der Waals surface area contributed by atoms with Gasteiger partial charge in [0.15, 0.2) is 0 Å². The minimum Gasteiger partial charge on any atom is -0.487 e. The van der Waals surface area contributed by atoms with Gasteiger partial charge in [0.2, 0.25) is 0 Å². The number of hydrogen-bond donors (Lipinski definition) is 1. The van der Waals surface area contributed by atoms with Gasteiger partial charge in [0.1, 0.15) is 23.7 Å². The fourth-order valence-electron chi connectivity index (χ4n) is 1.72. The molecule has 0 saturated heterocycles. The lowest BCUT2D eigenvalue weighted by atomic mass is 10.2. The molecule has 5 heteroatoms.